The van der Waals surface area contributed by atoms with Crippen molar-refractivity contribution in [3.8, 4) is 11.6 Å². The molecule has 0 spiro atoms. The Morgan fingerprint density at radius 1 is 1.39 bits per heavy atom. The van der Waals surface area contributed by atoms with Gasteiger partial charge in [-0.05, 0) is 46.8 Å². The molecule has 18 heavy (non-hydrogen) atoms. The molecule has 5 heteroatoms. The molecular formula is C13H16BrN3O. The number of nitrogens with zero attached hydrogens (tertiary/aromatic N) is 2. The van der Waals surface area contributed by atoms with Crippen molar-refractivity contribution in [1.82, 2.24) is 9.97 Å². The van der Waals surface area contributed by atoms with Crippen LogP contribution in [0.25, 0.3) is 11.6 Å². The van der Waals surface area contributed by atoms with Crippen LogP contribution in [-0.4, -0.2) is 9.97 Å². The molecule has 2 heterocycles. The van der Waals surface area contributed by atoms with Crippen LogP contribution in [0.15, 0.2) is 21.2 Å². The van der Waals surface area contributed by atoms with Gasteiger partial charge in [0.05, 0.1) is 16.4 Å². The summed E-state index contributed by atoms with van der Waals surface area (Å²) in [6.07, 6.45) is 2.48. The van der Waals surface area contributed by atoms with Crippen molar-refractivity contribution in [1.29, 1.82) is 0 Å². The summed E-state index contributed by atoms with van der Waals surface area (Å²) in [6.45, 7) is 6.24. The minimum Gasteiger partial charge on any atom is -0.461 e. The molecule has 0 atom stereocenters. The van der Waals surface area contributed by atoms with Crippen molar-refractivity contribution < 1.29 is 4.42 Å². The highest BCUT2D eigenvalue weighted by Gasteiger charge is 2.15. The van der Waals surface area contributed by atoms with Crippen LogP contribution in [0.2, 0.25) is 0 Å². The largest absolute Gasteiger partial charge is 0.461 e. The fourth-order valence-electron chi connectivity index (χ4n) is 1.74. The number of halogens is 1. The summed E-state index contributed by atoms with van der Waals surface area (Å²) in [6, 6.07) is 1.89. The summed E-state index contributed by atoms with van der Waals surface area (Å²) in [7, 11) is 0. The Bertz CT molecular complexity index is 563. The molecule has 2 N–H and O–H groups in total. The zero-order chi connectivity index (χ0) is 13.3. The van der Waals surface area contributed by atoms with E-state index < -0.39 is 0 Å². The Kier molecular flexibility index (Phi) is 3.71. The molecule has 0 unspecified atom stereocenters. The van der Waals surface area contributed by atoms with Crippen molar-refractivity contribution in [2.45, 2.75) is 27.2 Å². The smallest absolute Gasteiger partial charge is 0.198 e. The topological polar surface area (TPSA) is 64.9 Å². The van der Waals surface area contributed by atoms with Crippen LogP contribution in [-0.2, 0) is 6.42 Å². The molecule has 0 aliphatic heterocycles. The summed E-state index contributed by atoms with van der Waals surface area (Å²) in [5, 5.41) is 0. The van der Waals surface area contributed by atoms with Crippen LogP contribution >= 0.6 is 15.9 Å². The van der Waals surface area contributed by atoms with E-state index in [-0.39, 0.29) is 0 Å². The van der Waals surface area contributed by atoms with Gasteiger partial charge in [0.25, 0.3) is 0 Å². The standard InChI is InChI=1S/C13H16BrN3O/c1-7(2)6-9-10(14)12(15)17-13(16-9)11-8(3)4-5-18-11/h4-5,7H,6H2,1-3H3,(H2,15,16,17). The zero-order valence-electron chi connectivity index (χ0n) is 10.7. The fraction of sp³-hybridized carbons (Fsp3) is 0.385. The lowest BCUT2D eigenvalue weighted by molar-refractivity contribution is 0.573. The number of furan rings is 1. The maximum atomic E-state index is 5.91. The SMILES string of the molecule is Cc1ccoc1-c1nc(N)c(Br)c(CC(C)C)n1. The van der Waals surface area contributed by atoms with E-state index in [1.54, 1.807) is 6.26 Å². The highest BCUT2D eigenvalue weighted by Crippen LogP contribution is 2.28. The number of nitrogens with two attached hydrogens (primary N) is 1. The molecule has 96 valence electrons. The molecule has 0 bridgehead atoms. The van der Waals surface area contributed by atoms with Gasteiger partial charge in [0.15, 0.2) is 11.6 Å². The monoisotopic (exact) mass is 309 g/mol. The first kappa shape index (κ1) is 13.1. The third kappa shape index (κ3) is 2.56. The molecule has 4 nitrogen and oxygen atoms in total. The summed E-state index contributed by atoms with van der Waals surface area (Å²) >= 11 is 3.44. The van der Waals surface area contributed by atoms with E-state index in [2.05, 4.69) is 39.7 Å². The van der Waals surface area contributed by atoms with Crippen LogP contribution in [0, 0.1) is 12.8 Å². The van der Waals surface area contributed by atoms with E-state index in [0.717, 1.165) is 22.2 Å². The summed E-state index contributed by atoms with van der Waals surface area (Å²) < 4.78 is 6.19. The lowest BCUT2D eigenvalue weighted by atomic mass is 10.1. The van der Waals surface area contributed by atoms with Crippen molar-refractivity contribution in [2.24, 2.45) is 5.92 Å². The summed E-state index contributed by atoms with van der Waals surface area (Å²) in [5.74, 6) is 2.18. The normalized spacial score (nSPS) is 11.2. The molecule has 2 aromatic heterocycles. The predicted octanol–water partition coefficient (Wildman–Crippen LogP) is 3.59. The van der Waals surface area contributed by atoms with E-state index in [4.69, 9.17) is 10.2 Å². The average molecular weight is 310 g/mol. The molecule has 0 aromatic carbocycles. The Balaban J connectivity index is 2.51. The van der Waals surface area contributed by atoms with Gasteiger partial charge in [-0.3, -0.25) is 0 Å². The molecular weight excluding hydrogens is 294 g/mol. The van der Waals surface area contributed by atoms with E-state index >= 15 is 0 Å². The van der Waals surface area contributed by atoms with Crippen molar-refractivity contribution in [3.63, 3.8) is 0 Å². The van der Waals surface area contributed by atoms with Crippen LogP contribution in [0.5, 0.6) is 0 Å². The molecule has 2 aromatic rings. The highest BCUT2D eigenvalue weighted by atomic mass is 79.9. The van der Waals surface area contributed by atoms with Crippen LogP contribution < -0.4 is 5.73 Å². The van der Waals surface area contributed by atoms with Crippen LogP contribution in [0.3, 0.4) is 0 Å². The Labute approximate surface area is 115 Å². The second-order valence-corrected chi connectivity index (χ2v) is 5.52. The molecule has 0 saturated heterocycles. The second-order valence-electron chi connectivity index (χ2n) is 4.72. The predicted molar refractivity (Wildman–Crippen MR) is 75.1 cm³/mol. The Morgan fingerprint density at radius 3 is 2.67 bits per heavy atom. The van der Waals surface area contributed by atoms with Crippen molar-refractivity contribution in [2.75, 3.05) is 5.73 Å². The fourth-order valence-corrected chi connectivity index (χ4v) is 2.08. The molecule has 0 aliphatic carbocycles. The number of hydrogen-bond acceptors (Lipinski definition) is 4. The first-order valence-electron chi connectivity index (χ1n) is 5.85. The van der Waals surface area contributed by atoms with Crippen molar-refractivity contribution in [3.05, 3.63) is 28.1 Å². The third-order valence-electron chi connectivity index (χ3n) is 2.61. The van der Waals surface area contributed by atoms with E-state index in [0.29, 0.717) is 23.3 Å². The highest BCUT2D eigenvalue weighted by molar-refractivity contribution is 9.10. The molecule has 0 fully saturated rings. The maximum absolute atomic E-state index is 5.91. The molecule has 0 radical (unpaired) electrons. The van der Waals surface area contributed by atoms with Crippen LogP contribution in [0.1, 0.15) is 25.1 Å². The number of hydrogen-bond donors (Lipinski definition) is 1. The average Bonchev–Trinajstić information content (AvgIpc) is 2.70. The number of anilines is 1. The lowest BCUT2D eigenvalue weighted by Gasteiger charge is -2.10. The molecule has 2 rings (SSSR count). The number of aromatic nitrogens is 2. The van der Waals surface area contributed by atoms with Crippen LogP contribution in [0.4, 0.5) is 5.82 Å². The summed E-state index contributed by atoms with van der Waals surface area (Å²) in [4.78, 5) is 8.81. The number of nitrogen functional groups attached to an aromatic ring is 1. The lowest BCUT2D eigenvalue weighted by Crippen LogP contribution is -2.05. The first-order chi connectivity index (χ1) is 8.49. The van der Waals surface area contributed by atoms with Gasteiger partial charge >= 0.3 is 0 Å². The van der Waals surface area contributed by atoms with Gasteiger partial charge in [0.2, 0.25) is 0 Å². The zero-order valence-corrected chi connectivity index (χ0v) is 12.3. The Morgan fingerprint density at radius 2 is 2.11 bits per heavy atom. The van der Waals surface area contributed by atoms with Gasteiger partial charge in [0.1, 0.15) is 5.82 Å². The van der Waals surface area contributed by atoms with E-state index in [1.807, 2.05) is 13.0 Å². The van der Waals surface area contributed by atoms with Gasteiger partial charge in [0, 0.05) is 0 Å². The Hall–Kier alpha value is -1.36. The second kappa shape index (κ2) is 5.10. The van der Waals surface area contributed by atoms with Gasteiger partial charge in [-0.25, -0.2) is 9.97 Å². The van der Waals surface area contributed by atoms with Gasteiger partial charge in [-0.2, -0.15) is 0 Å². The number of rotatable bonds is 3. The third-order valence-corrected chi connectivity index (χ3v) is 3.48. The maximum Gasteiger partial charge on any atom is 0.198 e. The van der Waals surface area contributed by atoms with E-state index in [9.17, 15) is 0 Å². The van der Waals surface area contributed by atoms with Gasteiger partial charge < -0.3 is 10.2 Å². The molecule has 0 amide bonds. The quantitative estimate of drug-likeness (QED) is 0.941. The van der Waals surface area contributed by atoms with E-state index in [1.165, 1.54) is 0 Å². The minimum absolute atomic E-state index is 0.450. The molecule has 0 aliphatic rings. The molecule has 0 saturated carbocycles. The van der Waals surface area contributed by atoms with Gasteiger partial charge in [-0.1, -0.05) is 13.8 Å². The van der Waals surface area contributed by atoms with Gasteiger partial charge in [-0.15, -0.1) is 0 Å². The summed E-state index contributed by atoms with van der Waals surface area (Å²) in [5.41, 5.74) is 7.84. The number of aryl methyl sites for hydroxylation is 1. The minimum atomic E-state index is 0.450. The van der Waals surface area contributed by atoms with Crippen molar-refractivity contribution >= 4 is 21.7 Å². The first-order valence-corrected chi connectivity index (χ1v) is 6.64.